The van der Waals surface area contributed by atoms with E-state index < -0.39 is 0 Å². The molecule has 0 amide bonds. The second-order valence-electron chi connectivity index (χ2n) is 5.08. The van der Waals surface area contributed by atoms with Crippen LogP contribution in [-0.4, -0.2) is 6.04 Å². The van der Waals surface area contributed by atoms with Gasteiger partial charge in [0.2, 0.25) is 0 Å². The Balaban J connectivity index is 1.79. The van der Waals surface area contributed by atoms with Crippen LogP contribution in [0.4, 0.5) is 4.39 Å². The first-order chi connectivity index (χ1) is 9.29. The van der Waals surface area contributed by atoms with Crippen LogP contribution >= 0.6 is 0 Å². The Morgan fingerprint density at radius 2 is 1.89 bits per heavy atom. The molecule has 1 aliphatic rings. The molecule has 2 aromatic rings. The molecular weight excluding hydrogens is 239 g/mol. The number of rotatable bonds is 4. The van der Waals surface area contributed by atoms with Gasteiger partial charge in [0.15, 0.2) is 0 Å². The van der Waals surface area contributed by atoms with Gasteiger partial charge in [-0.2, -0.15) is 0 Å². The minimum Gasteiger partial charge on any atom is -0.271 e. The number of hydrogen-bond acceptors (Lipinski definition) is 2. The van der Waals surface area contributed by atoms with Gasteiger partial charge in [0.1, 0.15) is 5.82 Å². The molecule has 0 aliphatic heterocycles. The van der Waals surface area contributed by atoms with Gasteiger partial charge in [-0.1, -0.05) is 42.5 Å². The summed E-state index contributed by atoms with van der Waals surface area (Å²) in [5, 5.41) is 0. The SMILES string of the molecule is NNC(Cc1ccccc1F)C1Cc2ccccc21. The maximum Gasteiger partial charge on any atom is 0.126 e. The molecule has 3 rings (SSSR count). The fourth-order valence-electron chi connectivity index (χ4n) is 2.87. The topological polar surface area (TPSA) is 38.0 Å². The predicted molar refractivity (Wildman–Crippen MR) is 74.1 cm³/mol. The van der Waals surface area contributed by atoms with Gasteiger partial charge in [0.25, 0.3) is 0 Å². The van der Waals surface area contributed by atoms with Gasteiger partial charge in [0.05, 0.1) is 0 Å². The maximum absolute atomic E-state index is 13.7. The summed E-state index contributed by atoms with van der Waals surface area (Å²) in [7, 11) is 0. The van der Waals surface area contributed by atoms with E-state index in [-0.39, 0.29) is 11.9 Å². The van der Waals surface area contributed by atoms with Crippen LogP contribution in [0.2, 0.25) is 0 Å². The molecule has 98 valence electrons. The first-order valence-electron chi connectivity index (χ1n) is 6.57. The van der Waals surface area contributed by atoms with Crippen molar-refractivity contribution in [1.29, 1.82) is 0 Å². The van der Waals surface area contributed by atoms with E-state index in [1.165, 1.54) is 17.2 Å². The molecule has 0 fully saturated rings. The highest BCUT2D eigenvalue weighted by molar-refractivity contribution is 5.41. The van der Waals surface area contributed by atoms with E-state index >= 15 is 0 Å². The summed E-state index contributed by atoms with van der Waals surface area (Å²) in [6, 6.07) is 15.3. The minimum absolute atomic E-state index is 0.0757. The zero-order valence-electron chi connectivity index (χ0n) is 10.6. The summed E-state index contributed by atoms with van der Waals surface area (Å²) >= 11 is 0. The smallest absolute Gasteiger partial charge is 0.126 e. The summed E-state index contributed by atoms with van der Waals surface area (Å²) in [4.78, 5) is 0. The molecular formula is C16H17FN2. The van der Waals surface area contributed by atoms with E-state index in [0.717, 1.165) is 12.0 Å². The van der Waals surface area contributed by atoms with Gasteiger partial charge in [-0.05, 0) is 35.6 Å². The van der Waals surface area contributed by atoms with Crippen molar-refractivity contribution in [3.63, 3.8) is 0 Å². The number of nitrogens with two attached hydrogens (primary N) is 1. The second kappa shape index (κ2) is 5.11. The summed E-state index contributed by atoms with van der Waals surface area (Å²) in [5.41, 5.74) is 6.28. The largest absolute Gasteiger partial charge is 0.271 e. The molecule has 0 aromatic heterocycles. The third-order valence-electron chi connectivity index (χ3n) is 3.99. The summed E-state index contributed by atoms with van der Waals surface area (Å²) in [6.07, 6.45) is 1.63. The maximum atomic E-state index is 13.7. The molecule has 19 heavy (non-hydrogen) atoms. The fraction of sp³-hybridized carbons (Fsp3) is 0.250. The Morgan fingerprint density at radius 3 is 2.63 bits per heavy atom. The third-order valence-corrected chi connectivity index (χ3v) is 3.99. The van der Waals surface area contributed by atoms with Gasteiger partial charge in [-0.15, -0.1) is 0 Å². The Kier molecular flexibility index (Phi) is 3.32. The van der Waals surface area contributed by atoms with Crippen LogP contribution < -0.4 is 11.3 Å². The van der Waals surface area contributed by atoms with Gasteiger partial charge in [0, 0.05) is 12.0 Å². The lowest BCUT2D eigenvalue weighted by molar-refractivity contribution is 0.399. The average Bonchev–Trinajstić information content (AvgIpc) is 2.41. The number of hydrazine groups is 1. The van der Waals surface area contributed by atoms with Crippen molar-refractivity contribution >= 4 is 0 Å². The fourth-order valence-corrected chi connectivity index (χ4v) is 2.87. The number of nitrogens with one attached hydrogen (secondary N) is 1. The van der Waals surface area contributed by atoms with Crippen LogP contribution in [0.25, 0.3) is 0 Å². The van der Waals surface area contributed by atoms with Gasteiger partial charge in [-0.3, -0.25) is 11.3 Å². The molecule has 0 radical (unpaired) electrons. The second-order valence-corrected chi connectivity index (χ2v) is 5.08. The van der Waals surface area contributed by atoms with Gasteiger partial charge in [-0.25, -0.2) is 4.39 Å². The average molecular weight is 256 g/mol. The molecule has 2 nitrogen and oxygen atoms in total. The lowest BCUT2D eigenvalue weighted by Gasteiger charge is -2.36. The lowest BCUT2D eigenvalue weighted by Crippen LogP contribution is -2.45. The minimum atomic E-state index is -0.157. The van der Waals surface area contributed by atoms with E-state index in [1.807, 2.05) is 18.2 Å². The van der Waals surface area contributed by atoms with Crippen molar-refractivity contribution in [3.05, 3.63) is 71.0 Å². The molecule has 0 spiro atoms. The van der Waals surface area contributed by atoms with Crippen LogP contribution in [0.3, 0.4) is 0 Å². The van der Waals surface area contributed by atoms with Crippen molar-refractivity contribution < 1.29 is 4.39 Å². The number of halogens is 1. The Bertz CT molecular complexity index is 582. The molecule has 3 N–H and O–H groups in total. The number of fused-ring (bicyclic) bond motifs is 1. The van der Waals surface area contributed by atoms with Crippen molar-refractivity contribution in [2.45, 2.75) is 24.8 Å². The van der Waals surface area contributed by atoms with Crippen molar-refractivity contribution in [1.82, 2.24) is 5.43 Å². The van der Waals surface area contributed by atoms with E-state index in [4.69, 9.17) is 5.84 Å². The molecule has 2 unspecified atom stereocenters. The normalized spacial score (nSPS) is 18.5. The monoisotopic (exact) mass is 256 g/mol. The highest BCUT2D eigenvalue weighted by Gasteiger charge is 2.32. The molecule has 2 atom stereocenters. The molecule has 2 aromatic carbocycles. The Labute approximate surface area is 112 Å². The van der Waals surface area contributed by atoms with Crippen LogP contribution in [0, 0.1) is 5.82 Å². The number of hydrogen-bond donors (Lipinski definition) is 2. The van der Waals surface area contributed by atoms with E-state index in [9.17, 15) is 4.39 Å². The summed E-state index contributed by atoms with van der Waals surface area (Å²) < 4.78 is 13.7. The van der Waals surface area contributed by atoms with Gasteiger partial charge < -0.3 is 0 Å². The highest BCUT2D eigenvalue weighted by atomic mass is 19.1. The molecule has 3 heteroatoms. The van der Waals surface area contributed by atoms with Crippen LogP contribution in [0.1, 0.15) is 22.6 Å². The van der Waals surface area contributed by atoms with Crippen molar-refractivity contribution in [2.24, 2.45) is 5.84 Å². The first-order valence-corrected chi connectivity index (χ1v) is 6.57. The third kappa shape index (κ3) is 2.27. The lowest BCUT2D eigenvalue weighted by atomic mass is 9.72. The Hall–Kier alpha value is -1.71. The summed E-state index contributed by atoms with van der Waals surface area (Å²) in [6.45, 7) is 0. The van der Waals surface area contributed by atoms with E-state index in [1.54, 1.807) is 6.07 Å². The van der Waals surface area contributed by atoms with Crippen molar-refractivity contribution in [3.8, 4) is 0 Å². The highest BCUT2D eigenvalue weighted by Crippen LogP contribution is 2.38. The Morgan fingerprint density at radius 1 is 1.16 bits per heavy atom. The molecule has 0 saturated carbocycles. The number of benzene rings is 2. The summed E-state index contributed by atoms with van der Waals surface area (Å²) in [5.74, 6) is 5.88. The predicted octanol–water partition coefficient (Wildman–Crippen LogP) is 2.54. The molecule has 0 heterocycles. The molecule has 0 saturated heterocycles. The zero-order chi connectivity index (χ0) is 13.2. The van der Waals surface area contributed by atoms with E-state index in [0.29, 0.717) is 12.3 Å². The standard InChI is InChI=1S/C16H17FN2/c17-15-8-4-2-6-12(15)10-16(19-18)14-9-11-5-1-3-7-13(11)14/h1-8,14,16,19H,9-10,18H2. The van der Waals surface area contributed by atoms with Crippen molar-refractivity contribution in [2.75, 3.05) is 0 Å². The quantitative estimate of drug-likeness (QED) is 0.651. The zero-order valence-corrected chi connectivity index (χ0v) is 10.6. The van der Waals surface area contributed by atoms with Gasteiger partial charge >= 0.3 is 0 Å². The van der Waals surface area contributed by atoms with Crippen LogP contribution in [0.5, 0.6) is 0 Å². The molecule has 0 bridgehead atoms. The van der Waals surface area contributed by atoms with Crippen LogP contribution in [0.15, 0.2) is 48.5 Å². The first kappa shape index (κ1) is 12.3. The molecule has 1 aliphatic carbocycles. The van der Waals surface area contributed by atoms with Crippen LogP contribution in [-0.2, 0) is 12.8 Å². The van der Waals surface area contributed by atoms with E-state index in [2.05, 4.69) is 23.6 Å².